The lowest BCUT2D eigenvalue weighted by Gasteiger charge is -2.34. The fraction of sp³-hybridized carbons (Fsp3) is 0.455. The normalized spacial score (nSPS) is 19.6. The highest BCUT2D eigenvalue weighted by Crippen LogP contribution is 2.35. The van der Waals surface area contributed by atoms with Crippen LogP contribution < -0.4 is 10.0 Å². The summed E-state index contributed by atoms with van der Waals surface area (Å²) in [7, 11) is -1.15. The van der Waals surface area contributed by atoms with E-state index in [1.165, 1.54) is 16.7 Å². The summed E-state index contributed by atoms with van der Waals surface area (Å²) >= 11 is 0. The molecule has 4 nitrogen and oxygen atoms in total. The summed E-state index contributed by atoms with van der Waals surface area (Å²) < 4.78 is 26.7. The molecule has 0 radical (unpaired) electrons. The van der Waals surface area contributed by atoms with Gasteiger partial charge in [-0.25, -0.2) is 13.1 Å². The highest BCUT2D eigenvalue weighted by Gasteiger charge is 2.29. The number of benzene rings is 2. The van der Waals surface area contributed by atoms with Crippen molar-refractivity contribution in [3.05, 3.63) is 70.8 Å². The van der Waals surface area contributed by atoms with Gasteiger partial charge in [0.1, 0.15) is 0 Å². The number of hydrogen-bond donors (Lipinski definition) is 2. The van der Waals surface area contributed by atoms with Gasteiger partial charge in [0.25, 0.3) is 0 Å². The minimum absolute atomic E-state index is 0.177. The third-order valence-electron chi connectivity index (χ3n) is 5.46. The van der Waals surface area contributed by atoms with Gasteiger partial charge in [-0.15, -0.1) is 0 Å². The first-order chi connectivity index (χ1) is 13.0. The van der Waals surface area contributed by atoms with Crippen molar-refractivity contribution in [2.45, 2.75) is 51.1 Å². The standard InChI is InChI=1S/C22H30N2O2S/c1-3-13-27(25,26)24-16-18-9-10-19-11-12-22(23-2)21(20(19)15-18)14-17-7-5-4-6-8-17/h4-10,15,21-24H,3,11-14,16H2,1-2H3. The topological polar surface area (TPSA) is 58.2 Å². The number of sulfonamides is 1. The van der Waals surface area contributed by atoms with Gasteiger partial charge in [-0.1, -0.05) is 55.5 Å². The van der Waals surface area contributed by atoms with Crippen LogP contribution in [-0.2, 0) is 29.4 Å². The molecule has 5 heteroatoms. The summed E-state index contributed by atoms with van der Waals surface area (Å²) in [5, 5.41) is 3.50. The highest BCUT2D eigenvalue weighted by molar-refractivity contribution is 7.89. The molecule has 0 heterocycles. The summed E-state index contributed by atoms with van der Waals surface area (Å²) in [5.41, 5.74) is 5.12. The van der Waals surface area contributed by atoms with E-state index in [4.69, 9.17) is 0 Å². The van der Waals surface area contributed by atoms with E-state index < -0.39 is 10.0 Å². The van der Waals surface area contributed by atoms with Gasteiger partial charge in [0.2, 0.25) is 10.0 Å². The molecule has 1 aliphatic rings. The van der Waals surface area contributed by atoms with Crippen LogP contribution in [0.1, 0.15) is 47.9 Å². The predicted octanol–water partition coefficient (Wildman–Crippen LogP) is 3.38. The van der Waals surface area contributed by atoms with Crippen molar-refractivity contribution in [3.8, 4) is 0 Å². The van der Waals surface area contributed by atoms with Crippen molar-refractivity contribution in [1.82, 2.24) is 10.0 Å². The molecule has 2 aromatic rings. The fourth-order valence-corrected chi connectivity index (χ4v) is 5.12. The van der Waals surface area contributed by atoms with Crippen LogP contribution >= 0.6 is 0 Å². The maximum absolute atomic E-state index is 12.0. The lowest BCUT2D eigenvalue weighted by atomic mass is 9.75. The second kappa shape index (κ2) is 9.00. The number of fused-ring (bicyclic) bond motifs is 1. The average Bonchev–Trinajstić information content (AvgIpc) is 2.67. The van der Waals surface area contributed by atoms with Crippen LogP contribution in [0.5, 0.6) is 0 Å². The molecule has 0 aliphatic heterocycles. The predicted molar refractivity (Wildman–Crippen MR) is 111 cm³/mol. The Morgan fingerprint density at radius 2 is 1.85 bits per heavy atom. The zero-order chi connectivity index (χ0) is 19.3. The quantitative estimate of drug-likeness (QED) is 0.731. The third-order valence-corrected chi connectivity index (χ3v) is 6.99. The van der Waals surface area contributed by atoms with E-state index in [9.17, 15) is 8.42 Å². The molecule has 3 rings (SSSR count). The molecular formula is C22H30N2O2S. The Labute approximate surface area is 163 Å². The van der Waals surface area contributed by atoms with Crippen LogP contribution in [0.4, 0.5) is 0 Å². The average molecular weight is 387 g/mol. The van der Waals surface area contributed by atoms with E-state index in [0.29, 0.717) is 24.9 Å². The molecule has 146 valence electrons. The molecule has 0 fully saturated rings. The molecule has 2 aromatic carbocycles. The second-order valence-corrected chi connectivity index (χ2v) is 9.33. The zero-order valence-electron chi connectivity index (χ0n) is 16.2. The molecule has 2 atom stereocenters. The van der Waals surface area contributed by atoms with Crippen LogP contribution in [0.2, 0.25) is 0 Å². The summed E-state index contributed by atoms with van der Waals surface area (Å²) in [4.78, 5) is 0. The first-order valence-electron chi connectivity index (χ1n) is 9.82. The number of nitrogens with one attached hydrogen (secondary N) is 2. The van der Waals surface area contributed by atoms with Crippen molar-refractivity contribution >= 4 is 10.0 Å². The van der Waals surface area contributed by atoms with Crippen LogP contribution in [0.25, 0.3) is 0 Å². The van der Waals surface area contributed by atoms with Gasteiger partial charge in [0.05, 0.1) is 5.75 Å². The van der Waals surface area contributed by atoms with Crippen LogP contribution in [0.15, 0.2) is 48.5 Å². The van der Waals surface area contributed by atoms with Gasteiger partial charge in [0, 0.05) is 18.5 Å². The molecule has 0 spiro atoms. The molecule has 0 aromatic heterocycles. The Hall–Kier alpha value is -1.69. The molecule has 0 saturated heterocycles. The Balaban J connectivity index is 1.84. The lowest BCUT2D eigenvalue weighted by Crippen LogP contribution is -2.37. The van der Waals surface area contributed by atoms with Gasteiger partial charge < -0.3 is 5.32 Å². The van der Waals surface area contributed by atoms with Gasteiger partial charge in [-0.05, 0) is 55.0 Å². The minimum Gasteiger partial charge on any atom is -0.316 e. The van der Waals surface area contributed by atoms with Crippen LogP contribution in [0, 0.1) is 0 Å². The zero-order valence-corrected chi connectivity index (χ0v) is 17.1. The van der Waals surface area contributed by atoms with Crippen molar-refractivity contribution < 1.29 is 8.42 Å². The molecule has 2 N–H and O–H groups in total. The fourth-order valence-electron chi connectivity index (χ4n) is 4.06. The van der Waals surface area contributed by atoms with Crippen molar-refractivity contribution in [3.63, 3.8) is 0 Å². The van der Waals surface area contributed by atoms with Gasteiger partial charge in [0.15, 0.2) is 0 Å². The van der Waals surface area contributed by atoms with Crippen LogP contribution in [-0.4, -0.2) is 27.3 Å². The molecule has 1 aliphatic carbocycles. The molecule has 0 saturated carbocycles. The summed E-state index contributed by atoms with van der Waals surface area (Å²) in [5.74, 6) is 0.574. The Morgan fingerprint density at radius 1 is 1.07 bits per heavy atom. The number of likely N-dealkylation sites (N-methyl/N-ethyl adjacent to an activating group) is 1. The second-order valence-electron chi connectivity index (χ2n) is 7.40. The largest absolute Gasteiger partial charge is 0.316 e. The number of aryl methyl sites for hydroxylation is 1. The molecule has 2 unspecified atom stereocenters. The Bertz CT molecular complexity index is 850. The lowest BCUT2D eigenvalue weighted by molar-refractivity contribution is 0.409. The van der Waals surface area contributed by atoms with E-state index in [1.807, 2.05) is 20.0 Å². The van der Waals surface area contributed by atoms with E-state index in [2.05, 4.69) is 52.5 Å². The minimum atomic E-state index is -3.19. The van der Waals surface area contributed by atoms with Crippen molar-refractivity contribution in [2.75, 3.05) is 12.8 Å². The third kappa shape index (κ3) is 5.18. The summed E-state index contributed by atoms with van der Waals surface area (Å²) in [6, 6.07) is 17.5. The maximum Gasteiger partial charge on any atom is 0.211 e. The van der Waals surface area contributed by atoms with Crippen molar-refractivity contribution in [1.29, 1.82) is 0 Å². The smallest absolute Gasteiger partial charge is 0.211 e. The Kier molecular flexibility index (Phi) is 6.68. The van der Waals surface area contributed by atoms with Gasteiger partial charge in [-0.2, -0.15) is 0 Å². The molecule has 0 amide bonds. The monoisotopic (exact) mass is 386 g/mol. The first-order valence-corrected chi connectivity index (χ1v) is 11.5. The number of rotatable bonds is 8. The highest BCUT2D eigenvalue weighted by atomic mass is 32.2. The van der Waals surface area contributed by atoms with E-state index in [-0.39, 0.29) is 5.75 Å². The van der Waals surface area contributed by atoms with E-state index >= 15 is 0 Å². The molecular weight excluding hydrogens is 356 g/mol. The van der Waals surface area contributed by atoms with E-state index in [0.717, 1.165) is 24.8 Å². The summed E-state index contributed by atoms with van der Waals surface area (Å²) in [6.45, 7) is 2.24. The van der Waals surface area contributed by atoms with Crippen molar-refractivity contribution in [2.24, 2.45) is 0 Å². The first kappa shape index (κ1) is 20.1. The van der Waals surface area contributed by atoms with E-state index in [1.54, 1.807) is 0 Å². The molecule has 0 bridgehead atoms. The van der Waals surface area contributed by atoms with Crippen LogP contribution in [0.3, 0.4) is 0 Å². The maximum atomic E-state index is 12.0. The SMILES string of the molecule is CCCS(=O)(=O)NCc1ccc2c(c1)C(Cc1ccccc1)C(NC)CC2. The Morgan fingerprint density at radius 3 is 2.56 bits per heavy atom. The van der Waals surface area contributed by atoms with Gasteiger partial charge in [-0.3, -0.25) is 0 Å². The number of hydrogen-bond acceptors (Lipinski definition) is 3. The summed E-state index contributed by atoms with van der Waals surface area (Å²) in [6.07, 6.45) is 3.81. The van der Waals surface area contributed by atoms with Gasteiger partial charge >= 0.3 is 0 Å². The molecule has 27 heavy (non-hydrogen) atoms.